The van der Waals surface area contributed by atoms with E-state index in [1.54, 1.807) is 6.20 Å². The lowest BCUT2D eigenvalue weighted by atomic mass is 10.2. The van der Waals surface area contributed by atoms with Crippen LogP contribution in [0.1, 0.15) is 15.2 Å². The largest absolute Gasteiger partial charge is 0.298 e. The van der Waals surface area contributed by atoms with Crippen LogP contribution in [0.15, 0.2) is 35.4 Å². The average molecular weight is 325 g/mol. The molecule has 1 amide bonds. The number of carbonyl (C=O) groups excluding carboxylic acids is 1. The molecule has 1 N–H and O–H groups in total. The Morgan fingerprint density at radius 3 is 2.33 bits per heavy atom. The van der Waals surface area contributed by atoms with Crippen molar-refractivity contribution in [2.24, 2.45) is 0 Å². The molecule has 21 heavy (non-hydrogen) atoms. The summed E-state index contributed by atoms with van der Waals surface area (Å²) in [6.07, 6.45) is 1.67. The second-order valence-corrected chi connectivity index (χ2v) is 7.93. The third-order valence-electron chi connectivity index (χ3n) is 2.74. The summed E-state index contributed by atoms with van der Waals surface area (Å²) in [7, 11) is -0.565. The van der Waals surface area contributed by atoms with Crippen LogP contribution in [0.25, 0.3) is 0 Å². The molecular weight excluding hydrogens is 310 g/mol. The normalized spacial score (nSPS) is 11.6. The lowest BCUT2D eigenvalue weighted by Gasteiger charge is -2.11. The predicted octanol–water partition coefficient (Wildman–Crippen LogP) is 1.95. The number of amides is 1. The number of nitrogens with zero attached hydrogens (tertiary/aromatic N) is 2. The van der Waals surface area contributed by atoms with Gasteiger partial charge in [-0.05, 0) is 31.2 Å². The molecule has 112 valence electrons. The van der Waals surface area contributed by atoms with Gasteiger partial charge in [-0.25, -0.2) is 17.7 Å². The molecule has 0 spiro atoms. The van der Waals surface area contributed by atoms with Gasteiger partial charge in [0.05, 0.1) is 4.90 Å². The highest BCUT2D eigenvalue weighted by atomic mass is 32.2. The van der Waals surface area contributed by atoms with E-state index in [1.165, 1.54) is 49.7 Å². The Kier molecular flexibility index (Phi) is 4.40. The quantitative estimate of drug-likeness (QED) is 0.932. The third kappa shape index (κ3) is 3.46. The number of aromatic nitrogens is 1. The molecule has 0 bridgehead atoms. The Morgan fingerprint density at radius 2 is 1.86 bits per heavy atom. The Balaban J connectivity index is 2.17. The maximum absolute atomic E-state index is 12.0. The van der Waals surface area contributed by atoms with Crippen molar-refractivity contribution in [3.05, 3.63) is 40.9 Å². The van der Waals surface area contributed by atoms with E-state index in [9.17, 15) is 13.2 Å². The SMILES string of the molecule is Cc1cnc(NC(=O)c2ccc(S(=O)(=O)N(C)C)cc2)s1. The van der Waals surface area contributed by atoms with E-state index in [0.29, 0.717) is 10.7 Å². The highest BCUT2D eigenvalue weighted by Gasteiger charge is 2.17. The van der Waals surface area contributed by atoms with E-state index in [2.05, 4.69) is 10.3 Å². The number of aryl methyl sites for hydroxylation is 1. The second-order valence-electron chi connectivity index (χ2n) is 4.54. The van der Waals surface area contributed by atoms with Gasteiger partial charge in [0.2, 0.25) is 10.0 Å². The molecule has 6 nitrogen and oxygen atoms in total. The Hall–Kier alpha value is -1.77. The summed E-state index contributed by atoms with van der Waals surface area (Å²) in [4.78, 5) is 17.2. The maximum atomic E-state index is 12.0. The molecule has 0 saturated heterocycles. The van der Waals surface area contributed by atoms with E-state index in [1.807, 2.05) is 6.92 Å². The summed E-state index contributed by atoms with van der Waals surface area (Å²) < 4.78 is 25.0. The van der Waals surface area contributed by atoms with Gasteiger partial charge in [0.25, 0.3) is 5.91 Å². The minimum absolute atomic E-state index is 0.147. The van der Waals surface area contributed by atoms with Crippen molar-refractivity contribution in [3.8, 4) is 0 Å². The molecule has 0 radical (unpaired) electrons. The zero-order valence-corrected chi connectivity index (χ0v) is 13.5. The fourth-order valence-corrected chi connectivity index (χ4v) is 3.13. The number of benzene rings is 1. The van der Waals surface area contributed by atoms with E-state index in [-0.39, 0.29) is 10.8 Å². The van der Waals surface area contributed by atoms with Crippen molar-refractivity contribution in [2.75, 3.05) is 19.4 Å². The van der Waals surface area contributed by atoms with Gasteiger partial charge in [0.1, 0.15) is 0 Å². The lowest BCUT2D eigenvalue weighted by Crippen LogP contribution is -2.22. The van der Waals surface area contributed by atoms with Crippen LogP contribution in [0, 0.1) is 6.92 Å². The number of anilines is 1. The van der Waals surface area contributed by atoms with Crippen LogP contribution >= 0.6 is 11.3 Å². The van der Waals surface area contributed by atoms with Crippen LogP contribution in [0.5, 0.6) is 0 Å². The molecule has 1 aromatic heterocycles. The summed E-state index contributed by atoms with van der Waals surface area (Å²) in [6.45, 7) is 1.90. The van der Waals surface area contributed by atoms with Crippen molar-refractivity contribution >= 4 is 32.4 Å². The first-order chi connectivity index (χ1) is 9.80. The molecule has 0 aliphatic rings. The molecule has 0 aliphatic heterocycles. The van der Waals surface area contributed by atoms with Crippen LogP contribution in [0.3, 0.4) is 0 Å². The first-order valence-electron chi connectivity index (χ1n) is 6.07. The van der Waals surface area contributed by atoms with Gasteiger partial charge >= 0.3 is 0 Å². The standard InChI is InChI=1S/C13H15N3O3S2/c1-9-8-14-13(20-9)15-12(17)10-4-6-11(7-5-10)21(18,19)16(2)3/h4-8H,1-3H3,(H,14,15,17). The minimum atomic E-state index is -3.48. The Morgan fingerprint density at radius 1 is 1.24 bits per heavy atom. The smallest absolute Gasteiger partial charge is 0.257 e. The fourth-order valence-electron chi connectivity index (χ4n) is 1.57. The first-order valence-corrected chi connectivity index (χ1v) is 8.33. The molecule has 1 aromatic carbocycles. The molecule has 0 fully saturated rings. The molecule has 1 heterocycles. The number of rotatable bonds is 4. The van der Waals surface area contributed by atoms with E-state index in [4.69, 9.17) is 0 Å². The molecule has 0 aliphatic carbocycles. The minimum Gasteiger partial charge on any atom is -0.298 e. The fraction of sp³-hybridized carbons (Fsp3) is 0.231. The van der Waals surface area contributed by atoms with Gasteiger partial charge in [-0.2, -0.15) is 0 Å². The Bertz CT molecular complexity index is 749. The average Bonchev–Trinajstić information content (AvgIpc) is 2.84. The molecule has 8 heteroatoms. The van der Waals surface area contributed by atoms with Crippen molar-refractivity contribution in [3.63, 3.8) is 0 Å². The van der Waals surface area contributed by atoms with E-state index >= 15 is 0 Å². The van der Waals surface area contributed by atoms with Gasteiger partial charge in [-0.3, -0.25) is 10.1 Å². The number of thiazole rings is 1. The monoisotopic (exact) mass is 325 g/mol. The summed E-state index contributed by atoms with van der Waals surface area (Å²) in [5, 5.41) is 3.18. The van der Waals surface area contributed by atoms with E-state index < -0.39 is 10.0 Å². The van der Waals surface area contributed by atoms with Crippen LogP contribution < -0.4 is 5.32 Å². The number of hydrogen-bond donors (Lipinski definition) is 1. The van der Waals surface area contributed by atoms with Crippen molar-refractivity contribution in [2.45, 2.75) is 11.8 Å². The summed E-state index contributed by atoms with van der Waals surface area (Å²) in [5.41, 5.74) is 0.376. The zero-order valence-electron chi connectivity index (χ0n) is 11.8. The highest BCUT2D eigenvalue weighted by molar-refractivity contribution is 7.89. The van der Waals surface area contributed by atoms with E-state index in [0.717, 1.165) is 9.18 Å². The summed E-state index contributed by atoms with van der Waals surface area (Å²) in [5.74, 6) is -0.321. The van der Waals surface area contributed by atoms with Crippen LogP contribution in [0.4, 0.5) is 5.13 Å². The number of hydrogen-bond acceptors (Lipinski definition) is 5. The number of nitrogens with one attached hydrogen (secondary N) is 1. The van der Waals surface area contributed by atoms with Gasteiger partial charge in [0.15, 0.2) is 5.13 Å². The number of carbonyl (C=O) groups is 1. The van der Waals surface area contributed by atoms with Crippen molar-refractivity contribution in [1.29, 1.82) is 0 Å². The van der Waals surface area contributed by atoms with Crippen LogP contribution in [0.2, 0.25) is 0 Å². The first kappa shape index (κ1) is 15.6. The molecule has 2 aromatic rings. The van der Waals surface area contributed by atoms with Crippen molar-refractivity contribution in [1.82, 2.24) is 9.29 Å². The van der Waals surface area contributed by atoms with Crippen molar-refractivity contribution < 1.29 is 13.2 Å². The molecular formula is C13H15N3O3S2. The lowest BCUT2D eigenvalue weighted by molar-refractivity contribution is 0.102. The molecule has 0 atom stereocenters. The molecule has 0 saturated carbocycles. The van der Waals surface area contributed by atoms with Gasteiger partial charge < -0.3 is 0 Å². The zero-order chi connectivity index (χ0) is 15.6. The van der Waals surface area contributed by atoms with Gasteiger partial charge in [-0.1, -0.05) is 0 Å². The van der Waals surface area contributed by atoms with Crippen LogP contribution in [-0.2, 0) is 10.0 Å². The summed E-state index contributed by atoms with van der Waals surface area (Å²) in [6, 6.07) is 5.78. The second kappa shape index (κ2) is 5.92. The topological polar surface area (TPSA) is 79.4 Å². The molecule has 0 unspecified atom stereocenters. The third-order valence-corrected chi connectivity index (χ3v) is 5.39. The van der Waals surface area contributed by atoms with Gasteiger partial charge in [-0.15, -0.1) is 11.3 Å². The van der Waals surface area contributed by atoms with Crippen LogP contribution in [-0.4, -0.2) is 37.7 Å². The Labute approximate surface area is 127 Å². The highest BCUT2D eigenvalue weighted by Crippen LogP contribution is 2.18. The molecule has 2 rings (SSSR count). The summed E-state index contributed by atoms with van der Waals surface area (Å²) >= 11 is 1.38. The number of sulfonamides is 1. The maximum Gasteiger partial charge on any atom is 0.257 e. The van der Waals surface area contributed by atoms with Gasteiger partial charge in [0, 0.05) is 30.7 Å². The predicted molar refractivity (Wildman–Crippen MR) is 82.1 cm³/mol.